The van der Waals surface area contributed by atoms with Gasteiger partial charge >= 0.3 is 0 Å². The fourth-order valence-corrected chi connectivity index (χ4v) is 7.34. The van der Waals surface area contributed by atoms with Crippen LogP contribution >= 0.6 is 0 Å². The molecule has 0 spiro atoms. The van der Waals surface area contributed by atoms with Gasteiger partial charge in [-0.3, -0.25) is 9.13 Å². The fourth-order valence-electron chi connectivity index (χ4n) is 7.34. The van der Waals surface area contributed by atoms with Crippen molar-refractivity contribution in [1.82, 2.24) is 19.1 Å². The van der Waals surface area contributed by atoms with Gasteiger partial charge in [0.15, 0.2) is 0 Å². The smallest absolute Gasteiger partial charge is 0.145 e. The van der Waals surface area contributed by atoms with Crippen LogP contribution in [0.15, 0.2) is 189 Å². The highest BCUT2D eigenvalue weighted by Gasteiger charge is 2.23. The van der Waals surface area contributed by atoms with Gasteiger partial charge in [-0.05, 0) is 102 Å². The summed E-state index contributed by atoms with van der Waals surface area (Å²) in [5, 5.41) is 0. The molecule has 0 aliphatic rings. The van der Waals surface area contributed by atoms with Crippen molar-refractivity contribution < 1.29 is 0 Å². The molecule has 9 aromatic rings. The maximum absolute atomic E-state index is 5.30. The largest absolute Gasteiger partial charge is 0.310 e. The first kappa shape index (κ1) is 32.0. The summed E-state index contributed by atoms with van der Waals surface area (Å²) in [4.78, 5) is 12.9. The van der Waals surface area contributed by atoms with E-state index < -0.39 is 0 Å². The number of hydrogen-bond acceptors (Lipinski definition) is 3. The highest BCUT2D eigenvalue weighted by Crippen LogP contribution is 2.40. The van der Waals surface area contributed by atoms with Gasteiger partial charge in [0.25, 0.3) is 0 Å². The Morgan fingerprint density at radius 1 is 0.528 bits per heavy atom. The molecule has 0 amide bonds. The van der Waals surface area contributed by atoms with Crippen LogP contribution in [0.4, 0.5) is 11.4 Å². The lowest BCUT2D eigenvalue weighted by Gasteiger charge is -2.30. The lowest BCUT2D eigenvalue weighted by molar-refractivity contribution is 1.09. The van der Waals surface area contributed by atoms with Crippen LogP contribution in [0.25, 0.3) is 61.9 Å². The number of fused-ring (bicyclic) bond motifs is 2. The zero-order chi connectivity index (χ0) is 35.7. The summed E-state index contributed by atoms with van der Waals surface area (Å²) >= 11 is 0. The molecular formula is C48H37N5. The predicted molar refractivity (Wildman–Crippen MR) is 220 cm³/mol. The zero-order valence-electron chi connectivity index (χ0n) is 29.5. The van der Waals surface area contributed by atoms with Crippen molar-refractivity contribution in [3.05, 3.63) is 200 Å². The third-order valence-electron chi connectivity index (χ3n) is 9.83. The normalized spacial score (nSPS) is 11.3. The molecule has 9 rings (SSSR count). The number of anilines is 2. The van der Waals surface area contributed by atoms with Crippen molar-refractivity contribution >= 4 is 39.1 Å². The second kappa shape index (κ2) is 13.6. The molecule has 0 N–H and O–H groups in total. The molecule has 0 saturated heterocycles. The van der Waals surface area contributed by atoms with Gasteiger partial charge in [0.2, 0.25) is 0 Å². The molecule has 0 fully saturated rings. The molecule has 7 aromatic carbocycles. The van der Waals surface area contributed by atoms with Crippen LogP contribution in [0.5, 0.6) is 0 Å². The molecule has 0 saturated carbocycles. The van der Waals surface area contributed by atoms with Gasteiger partial charge in [-0.2, -0.15) is 0 Å². The van der Waals surface area contributed by atoms with Gasteiger partial charge in [0, 0.05) is 39.6 Å². The minimum atomic E-state index is 0.843. The van der Waals surface area contributed by atoms with E-state index in [1.165, 1.54) is 5.56 Å². The minimum Gasteiger partial charge on any atom is -0.310 e. The number of para-hydroxylation sites is 8. The summed E-state index contributed by atoms with van der Waals surface area (Å²) in [6, 6.07) is 63.4. The number of benzene rings is 7. The van der Waals surface area contributed by atoms with E-state index in [0.29, 0.717) is 0 Å². The standard InChI is InChI=1S/C48H37N5/c1-3-35-19-13-16-28-44(35)51(39-20-7-4-8-21-39)34(2)36-31-37(47-49-42-26-14-17-29-45(42)52(47)40-22-9-5-10-23-40)33-38(32-36)48-50-43-27-15-18-30-46(43)53(48)41-24-11-6-12-25-41/h4-33H,2-3H2,1H3. The van der Waals surface area contributed by atoms with Crippen molar-refractivity contribution in [2.75, 3.05) is 4.90 Å². The van der Waals surface area contributed by atoms with Crippen molar-refractivity contribution in [1.29, 1.82) is 0 Å². The Hall–Kier alpha value is -6.98. The highest BCUT2D eigenvalue weighted by molar-refractivity contribution is 5.92. The molecule has 0 aliphatic heterocycles. The second-order valence-corrected chi connectivity index (χ2v) is 13.1. The number of nitrogens with zero attached hydrogens (tertiary/aromatic N) is 5. The van der Waals surface area contributed by atoms with Crippen LogP contribution in [-0.4, -0.2) is 19.1 Å². The number of aromatic nitrogens is 4. The number of hydrogen-bond donors (Lipinski definition) is 0. The van der Waals surface area contributed by atoms with Crippen molar-refractivity contribution in [3.63, 3.8) is 0 Å². The molecule has 5 nitrogen and oxygen atoms in total. The van der Waals surface area contributed by atoms with Gasteiger partial charge < -0.3 is 4.90 Å². The van der Waals surface area contributed by atoms with E-state index >= 15 is 0 Å². The molecule has 5 heteroatoms. The molecular weight excluding hydrogens is 647 g/mol. The molecule has 0 aliphatic carbocycles. The van der Waals surface area contributed by atoms with Gasteiger partial charge in [0.1, 0.15) is 11.6 Å². The molecule has 53 heavy (non-hydrogen) atoms. The van der Waals surface area contributed by atoms with Crippen molar-refractivity contribution in [2.24, 2.45) is 0 Å². The van der Waals surface area contributed by atoms with Crippen LogP contribution in [0.3, 0.4) is 0 Å². The topological polar surface area (TPSA) is 38.9 Å². The van der Waals surface area contributed by atoms with Crippen molar-refractivity contribution in [3.8, 4) is 34.2 Å². The van der Waals surface area contributed by atoms with Crippen LogP contribution in [0.2, 0.25) is 0 Å². The van der Waals surface area contributed by atoms with Gasteiger partial charge in [0.05, 0.1) is 22.1 Å². The van der Waals surface area contributed by atoms with E-state index in [1.54, 1.807) is 0 Å². The summed E-state index contributed by atoms with van der Waals surface area (Å²) in [6.45, 7) is 7.04. The van der Waals surface area contributed by atoms with Gasteiger partial charge in [-0.1, -0.05) is 111 Å². The Balaban J connectivity index is 1.34. The number of rotatable bonds is 9. The van der Waals surface area contributed by atoms with Crippen LogP contribution in [0.1, 0.15) is 18.1 Å². The van der Waals surface area contributed by atoms with E-state index in [0.717, 1.165) is 85.3 Å². The minimum absolute atomic E-state index is 0.843. The third kappa shape index (κ3) is 5.78. The fraction of sp³-hybridized carbons (Fsp3) is 0.0417. The Morgan fingerprint density at radius 2 is 0.981 bits per heavy atom. The maximum atomic E-state index is 5.30. The molecule has 2 heterocycles. The second-order valence-electron chi connectivity index (χ2n) is 13.1. The average molecular weight is 684 g/mol. The van der Waals surface area contributed by atoms with E-state index in [2.05, 4.69) is 179 Å². The Labute approximate surface area is 309 Å². The molecule has 0 unspecified atom stereocenters. The van der Waals surface area contributed by atoms with E-state index in [1.807, 2.05) is 24.3 Å². The average Bonchev–Trinajstić information content (AvgIpc) is 3.82. The van der Waals surface area contributed by atoms with Crippen LogP contribution in [0, 0.1) is 0 Å². The molecule has 0 atom stereocenters. The first-order valence-corrected chi connectivity index (χ1v) is 18.0. The first-order chi connectivity index (χ1) is 26.2. The summed E-state index contributed by atoms with van der Waals surface area (Å²) in [5.74, 6) is 1.69. The Bertz CT molecular complexity index is 2590. The summed E-state index contributed by atoms with van der Waals surface area (Å²) in [7, 11) is 0. The molecule has 0 radical (unpaired) electrons. The Morgan fingerprint density at radius 3 is 1.51 bits per heavy atom. The van der Waals surface area contributed by atoms with Crippen molar-refractivity contribution in [2.45, 2.75) is 13.3 Å². The van der Waals surface area contributed by atoms with E-state index in [4.69, 9.17) is 16.5 Å². The summed E-state index contributed by atoms with van der Waals surface area (Å²) in [6.07, 6.45) is 0.889. The van der Waals surface area contributed by atoms with Crippen LogP contribution < -0.4 is 4.90 Å². The highest BCUT2D eigenvalue weighted by atomic mass is 15.2. The number of imidazole rings is 2. The monoisotopic (exact) mass is 683 g/mol. The van der Waals surface area contributed by atoms with Crippen LogP contribution in [-0.2, 0) is 6.42 Å². The quantitative estimate of drug-likeness (QED) is 0.152. The first-order valence-electron chi connectivity index (χ1n) is 18.0. The Kier molecular flexibility index (Phi) is 8.22. The van der Waals surface area contributed by atoms with Gasteiger partial charge in [-0.25, -0.2) is 9.97 Å². The lowest BCUT2D eigenvalue weighted by Crippen LogP contribution is -2.16. The van der Waals surface area contributed by atoms with Gasteiger partial charge in [-0.15, -0.1) is 0 Å². The SMILES string of the molecule is C=C(c1cc(-c2nc3ccccc3n2-c2ccccc2)cc(-c2nc3ccccc3n2-c2ccccc2)c1)N(c1ccccc1)c1ccccc1CC. The molecule has 254 valence electrons. The summed E-state index contributed by atoms with van der Waals surface area (Å²) < 4.78 is 4.50. The lowest BCUT2D eigenvalue weighted by atomic mass is 10.00. The summed E-state index contributed by atoms with van der Waals surface area (Å²) in [5.41, 5.74) is 13.1. The molecule has 2 aromatic heterocycles. The predicted octanol–water partition coefficient (Wildman–Crippen LogP) is 12.1. The van der Waals surface area contributed by atoms with E-state index in [9.17, 15) is 0 Å². The maximum Gasteiger partial charge on any atom is 0.145 e. The number of aryl methyl sites for hydroxylation is 1. The third-order valence-corrected chi connectivity index (χ3v) is 9.83. The molecule has 0 bridgehead atoms. The zero-order valence-corrected chi connectivity index (χ0v) is 29.5. The van der Waals surface area contributed by atoms with E-state index in [-0.39, 0.29) is 0 Å².